The first kappa shape index (κ1) is 16.8. The van der Waals surface area contributed by atoms with Gasteiger partial charge in [0.05, 0.1) is 5.71 Å². The predicted molar refractivity (Wildman–Crippen MR) is 94.9 cm³/mol. The van der Waals surface area contributed by atoms with E-state index in [4.69, 9.17) is 0 Å². The molecule has 0 fully saturated rings. The van der Waals surface area contributed by atoms with Gasteiger partial charge in [-0.2, -0.15) is 0 Å². The van der Waals surface area contributed by atoms with Crippen molar-refractivity contribution in [3.05, 3.63) is 36.0 Å². The van der Waals surface area contributed by atoms with Crippen LogP contribution in [0.2, 0.25) is 0 Å². The van der Waals surface area contributed by atoms with Crippen LogP contribution in [-0.4, -0.2) is 51.4 Å². The van der Waals surface area contributed by atoms with Crippen molar-refractivity contribution in [2.24, 2.45) is 9.98 Å². The summed E-state index contributed by atoms with van der Waals surface area (Å²) < 4.78 is 0. The number of amides is 2. The molecule has 128 valence electrons. The summed E-state index contributed by atoms with van der Waals surface area (Å²) in [4.78, 5) is 37.6. The lowest BCUT2D eigenvalue weighted by molar-refractivity contribution is -0.126. The van der Waals surface area contributed by atoms with Gasteiger partial charge in [-0.15, -0.1) is 0 Å². The number of aliphatic imine (C=N–C) groups is 2. The van der Waals surface area contributed by atoms with Gasteiger partial charge < -0.3 is 5.11 Å². The normalized spacial score (nSPS) is 18.0. The summed E-state index contributed by atoms with van der Waals surface area (Å²) in [7, 11) is 1.62. The van der Waals surface area contributed by atoms with Crippen molar-refractivity contribution in [1.29, 1.82) is 0 Å². The highest BCUT2D eigenvalue weighted by molar-refractivity contribution is 6.45. The molecule has 7 nitrogen and oxygen atoms in total. The summed E-state index contributed by atoms with van der Waals surface area (Å²) in [6.45, 7) is 3.02. The third-order valence-electron chi connectivity index (χ3n) is 4.04. The molecule has 2 heterocycles. The second-order valence-electron chi connectivity index (χ2n) is 5.98. The molecule has 1 aliphatic rings. The molecular weight excluding hydrogens is 320 g/mol. The largest absolute Gasteiger partial charge is 0.506 e. The first-order valence-electron chi connectivity index (χ1n) is 7.85. The Bertz CT molecular complexity index is 933. The van der Waals surface area contributed by atoms with E-state index in [1.165, 1.54) is 11.8 Å². The maximum absolute atomic E-state index is 12.4. The molecule has 0 spiro atoms. The lowest BCUT2D eigenvalue weighted by atomic mass is 10.1. The number of rotatable bonds is 3. The SMILES string of the molecule is CC(=O)N=C(C)C1=NC(Cc2cnc3c(O)cccc3c2)C(=O)N1C. The van der Waals surface area contributed by atoms with Gasteiger partial charge in [-0.3, -0.25) is 24.5 Å². The number of amidine groups is 1. The number of para-hydroxylation sites is 1. The van der Waals surface area contributed by atoms with Crippen molar-refractivity contribution in [1.82, 2.24) is 9.88 Å². The highest BCUT2D eigenvalue weighted by Crippen LogP contribution is 2.24. The summed E-state index contributed by atoms with van der Waals surface area (Å²) in [5.74, 6) is 0.0563. The van der Waals surface area contributed by atoms with Crippen molar-refractivity contribution >= 4 is 34.3 Å². The third-order valence-corrected chi connectivity index (χ3v) is 4.04. The molecular formula is C18H18N4O3. The first-order chi connectivity index (χ1) is 11.9. The van der Waals surface area contributed by atoms with Crippen LogP contribution in [0.4, 0.5) is 0 Å². The van der Waals surface area contributed by atoms with Crippen LogP contribution in [0.15, 0.2) is 40.4 Å². The quantitative estimate of drug-likeness (QED) is 0.862. The number of fused-ring (bicyclic) bond motifs is 1. The highest BCUT2D eigenvalue weighted by Gasteiger charge is 2.33. The van der Waals surface area contributed by atoms with Crippen LogP contribution >= 0.6 is 0 Å². The van der Waals surface area contributed by atoms with Crippen LogP contribution in [0.5, 0.6) is 5.75 Å². The Morgan fingerprint density at radius 2 is 2.12 bits per heavy atom. The molecule has 1 aromatic heterocycles. The van der Waals surface area contributed by atoms with Crippen LogP contribution in [0.3, 0.4) is 0 Å². The fourth-order valence-electron chi connectivity index (χ4n) is 2.90. The Balaban J connectivity index is 1.88. The number of aromatic hydroxyl groups is 1. The van der Waals surface area contributed by atoms with Gasteiger partial charge in [0, 0.05) is 32.0 Å². The van der Waals surface area contributed by atoms with Crippen LogP contribution in [0, 0.1) is 0 Å². The molecule has 25 heavy (non-hydrogen) atoms. The predicted octanol–water partition coefficient (Wildman–Crippen LogP) is 1.73. The van der Waals surface area contributed by atoms with E-state index < -0.39 is 6.04 Å². The monoisotopic (exact) mass is 338 g/mol. The molecule has 0 aliphatic carbocycles. The summed E-state index contributed by atoms with van der Waals surface area (Å²) >= 11 is 0. The minimum absolute atomic E-state index is 0.122. The number of phenols is 1. The molecule has 0 radical (unpaired) electrons. The number of nitrogens with zero attached hydrogens (tertiary/aromatic N) is 4. The minimum Gasteiger partial charge on any atom is -0.506 e. The van der Waals surface area contributed by atoms with E-state index in [9.17, 15) is 14.7 Å². The zero-order chi connectivity index (χ0) is 18.1. The maximum atomic E-state index is 12.4. The third kappa shape index (κ3) is 3.26. The Morgan fingerprint density at radius 1 is 1.36 bits per heavy atom. The molecule has 1 N–H and O–H groups in total. The second-order valence-corrected chi connectivity index (χ2v) is 5.98. The standard InChI is InChI=1S/C18H18N4O3/c1-10(20-11(2)23)17-21-14(18(25)22(17)3)8-12-7-13-5-4-6-15(24)16(13)19-9-12/h4-7,9,14,24H,8H2,1-3H3. The van der Waals surface area contributed by atoms with Crippen molar-refractivity contribution < 1.29 is 14.7 Å². The number of hydrogen-bond acceptors (Lipinski definition) is 5. The molecule has 1 atom stereocenters. The first-order valence-corrected chi connectivity index (χ1v) is 7.85. The summed E-state index contributed by atoms with van der Waals surface area (Å²) in [6.07, 6.45) is 2.03. The second kappa shape index (κ2) is 6.43. The molecule has 3 rings (SSSR count). The number of phenolic OH excluding ortho intramolecular Hbond substituents is 1. The van der Waals surface area contributed by atoms with Gasteiger partial charge in [-0.05, 0) is 24.6 Å². The Morgan fingerprint density at radius 3 is 2.84 bits per heavy atom. The maximum Gasteiger partial charge on any atom is 0.253 e. The van der Waals surface area contributed by atoms with Gasteiger partial charge in [-0.1, -0.05) is 12.1 Å². The number of hydrogen-bond donors (Lipinski definition) is 1. The number of carbonyl (C=O) groups is 2. The summed E-state index contributed by atoms with van der Waals surface area (Å²) in [6, 6.07) is 6.49. The molecule has 1 unspecified atom stereocenters. The van der Waals surface area contributed by atoms with Gasteiger partial charge in [0.2, 0.25) is 5.91 Å². The lowest BCUT2D eigenvalue weighted by Gasteiger charge is -2.12. The lowest BCUT2D eigenvalue weighted by Crippen LogP contribution is -2.35. The van der Waals surface area contributed by atoms with Crippen molar-refractivity contribution in [2.75, 3.05) is 7.05 Å². The molecule has 1 aliphatic heterocycles. The van der Waals surface area contributed by atoms with Crippen molar-refractivity contribution in [3.8, 4) is 5.75 Å². The zero-order valence-corrected chi connectivity index (χ0v) is 14.2. The minimum atomic E-state index is -0.575. The van der Waals surface area contributed by atoms with Gasteiger partial charge in [0.25, 0.3) is 5.91 Å². The van der Waals surface area contributed by atoms with E-state index in [2.05, 4.69) is 15.0 Å². The fourth-order valence-corrected chi connectivity index (χ4v) is 2.90. The molecule has 0 bridgehead atoms. The Hall–Kier alpha value is -3.09. The topological polar surface area (TPSA) is 95.2 Å². The van der Waals surface area contributed by atoms with Gasteiger partial charge in [-0.25, -0.2) is 4.99 Å². The molecule has 0 saturated carbocycles. The number of aromatic nitrogens is 1. The van der Waals surface area contributed by atoms with E-state index in [1.807, 2.05) is 12.1 Å². The zero-order valence-electron chi connectivity index (χ0n) is 14.2. The van der Waals surface area contributed by atoms with Crippen LogP contribution < -0.4 is 0 Å². The van der Waals surface area contributed by atoms with E-state index in [1.54, 1.807) is 32.3 Å². The van der Waals surface area contributed by atoms with Gasteiger partial charge in [0.1, 0.15) is 17.3 Å². The number of benzene rings is 1. The van der Waals surface area contributed by atoms with E-state index in [0.717, 1.165) is 10.9 Å². The van der Waals surface area contributed by atoms with E-state index in [0.29, 0.717) is 23.5 Å². The molecule has 7 heteroatoms. The number of pyridine rings is 1. The average Bonchev–Trinajstić information content (AvgIpc) is 2.83. The van der Waals surface area contributed by atoms with Crippen LogP contribution in [-0.2, 0) is 16.0 Å². The average molecular weight is 338 g/mol. The summed E-state index contributed by atoms with van der Waals surface area (Å²) in [5, 5.41) is 10.6. The molecule has 0 saturated heterocycles. The van der Waals surface area contributed by atoms with Gasteiger partial charge in [0.15, 0.2) is 5.84 Å². The van der Waals surface area contributed by atoms with E-state index >= 15 is 0 Å². The molecule has 2 amide bonds. The number of likely N-dealkylation sites (N-methyl/N-ethyl adjacent to an activating group) is 1. The van der Waals surface area contributed by atoms with Crippen molar-refractivity contribution in [2.45, 2.75) is 26.3 Å². The Kier molecular flexibility index (Phi) is 4.31. The van der Waals surface area contributed by atoms with Gasteiger partial charge >= 0.3 is 0 Å². The summed E-state index contributed by atoms with van der Waals surface area (Å²) in [5.41, 5.74) is 1.79. The van der Waals surface area contributed by atoms with Crippen molar-refractivity contribution in [3.63, 3.8) is 0 Å². The smallest absolute Gasteiger partial charge is 0.253 e. The van der Waals surface area contributed by atoms with E-state index in [-0.39, 0.29) is 17.6 Å². The fraction of sp³-hybridized carbons (Fsp3) is 0.278. The Labute approximate surface area is 144 Å². The number of carbonyl (C=O) groups excluding carboxylic acids is 2. The highest BCUT2D eigenvalue weighted by atomic mass is 16.3. The molecule has 2 aromatic rings. The molecule has 1 aromatic carbocycles. The van der Waals surface area contributed by atoms with Crippen LogP contribution in [0.25, 0.3) is 10.9 Å². The van der Waals surface area contributed by atoms with Crippen LogP contribution in [0.1, 0.15) is 19.4 Å².